The summed E-state index contributed by atoms with van der Waals surface area (Å²) in [7, 11) is 0. The Hall–Kier alpha value is -2.86. The summed E-state index contributed by atoms with van der Waals surface area (Å²) in [6.45, 7) is 14.3. The van der Waals surface area contributed by atoms with Crippen molar-refractivity contribution in [3.8, 4) is 0 Å². The first-order chi connectivity index (χ1) is 16.8. The molecule has 35 heavy (non-hydrogen) atoms. The van der Waals surface area contributed by atoms with Crippen molar-refractivity contribution in [1.29, 1.82) is 0 Å². The summed E-state index contributed by atoms with van der Waals surface area (Å²) in [5, 5.41) is 0.529. The minimum absolute atomic E-state index is 0.0535. The maximum atomic E-state index is 13.9. The number of ketones is 1. The highest BCUT2D eigenvalue weighted by Crippen LogP contribution is 2.26. The molecule has 7 nitrogen and oxygen atoms in total. The van der Waals surface area contributed by atoms with Crippen LogP contribution in [0.15, 0.2) is 24.4 Å². The van der Waals surface area contributed by atoms with Gasteiger partial charge in [-0.25, -0.2) is 4.39 Å². The number of piperazine rings is 1. The van der Waals surface area contributed by atoms with Gasteiger partial charge in [-0.2, -0.15) is 0 Å². The molecule has 0 bridgehead atoms. The Labute approximate surface area is 209 Å². The van der Waals surface area contributed by atoms with Crippen molar-refractivity contribution in [3.63, 3.8) is 0 Å². The number of carbonyl (C=O) groups is 2. The molecule has 3 heterocycles. The van der Waals surface area contributed by atoms with E-state index in [0.29, 0.717) is 24.7 Å². The molecule has 4 rings (SSSR count). The van der Waals surface area contributed by atoms with E-state index < -0.39 is 5.82 Å². The summed E-state index contributed by atoms with van der Waals surface area (Å²) in [4.78, 5) is 36.5. The Kier molecular flexibility index (Phi) is 7.80. The lowest BCUT2D eigenvalue weighted by atomic mass is 9.96. The molecule has 0 saturated carbocycles. The lowest BCUT2D eigenvalue weighted by Crippen LogP contribution is -2.55. The Balaban J connectivity index is 1.43. The third kappa shape index (κ3) is 5.69. The summed E-state index contributed by atoms with van der Waals surface area (Å²) < 4.78 is 19.5. The van der Waals surface area contributed by atoms with Crippen LogP contribution < -0.4 is 0 Å². The second-order valence-corrected chi connectivity index (χ2v) is 9.64. The molecule has 0 radical (unpaired) electrons. The average molecular weight is 499 g/mol. The molecule has 9 heteroatoms. The topological polar surface area (TPSA) is 67.1 Å². The minimum atomic E-state index is -0.805. The second kappa shape index (κ2) is 10.8. The summed E-state index contributed by atoms with van der Waals surface area (Å²) in [6, 6.07) is 4.80. The number of hydrogen-bond acceptors (Lipinski definition) is 5. The first-order valence-electron chi connectivity index (χ1n) is 11.8. The number of ether oxygens (including phenoxy) is 1. The lowest BCUT2D eigenvalue weighted by molar-refractivity contribution is -0.145. The van der Waals surface area contributed by atoms with E-state index in [-0.39, 0.29) is 41.6 Å². The highest BCUT2D eigenvalue weighted by Gasteiger charge is 2.34. The maximum Gasteiger partial charge on any atom is 0.305 e. The van der Waals surface area contributed by atoms with E-state index in [1.165, 1.54) is 6.20 Å². The van der Waals surface area contributed by atoms with Gasteiger partial charge >= 0.3 is 5.82 Å². The van der Waals surface area contributed by atoms with E-state index in [4.69, 9.17) is 22.9 Å². The number of nitrogens with zero attached hydrogens (tertiary/aromatic N) is 4. The zero-order valence-electron chi connectivity index (χ0n) is 19.9. The van der Waals surface area contributed by atoms with Gasteiger partial charge in [-0.15, -0.1) is 4.98 Å². The van der Waals surface area contributed by atoms with Crippen LogP contribution in [0.2, 0.25) is 5.02 Å². The van der Waals surface area contributed by atoms with Crippen LogP contribution in [0.4, 0.5) is 10.2 Å². The summed E-state index contributed by atoms with van der Waals surface area (Å²) >= 11 is 6.40. The van der Waals surface area contributed by atoms with E-state index in [0.717, 1.165) is 48.7 Å². The van der Waals surface area contributed by atoms with Crippen LogP contribution in [0.3, 0.4) is 0 Å². The largest absolute Gasteiger partial charge is 0.368 e. The van der Waals surface area contributed by atoms with Gasteiger partial charge in [0.15, 0.2) is 11.6 Å². The van der Waals surface area contributed by atoms with Gasteiger partial charge in [0.25, 0.3) is 5.91 Å². The van der Waals surface area contributed by atoms with Crippen LogP contribution in [0.1, 0.15) is 46.8 Å². The predicted octanol–water partition coefficient (Wildman–Crippen LogP) is 4.37. The number of Topliss-reactive ketones (excluding diaryl/α,β-unsaturated/α-hetero) is 1. The van der Waals surface area contributed by atoms with Crippen molar-refractivity contribution >= 4 is 29.1 Å². The van der Waals surface area contributed by atoms with E-state index in [9.17, 15) is 14.0 Å². The molecule has 2 aliphatic heterocycles. The molecule has 0 aliphatic carbocycles. The molecule has 184 valence electrons. The van der Waals surface area contributed by atoms with Crippen LogP contribution in [-0.4, -0.2) is 64.9 Å². The summed E-state index contributed by atoms with van der Waals surface area (Å²) in [6.07, 6.45) is 2.71. The predicted molar refractivity (Wildman–Crippen MR) is 130 cm³/mol. The average Bonchev–Trinajstić information content (AvgIpc) is 3.37. The van der Waals surface area contributed by atoms with Gasteiger partial charge in [0.2, 0.25) is 0 Å². The number of pyridine rings is 1. The Bertz CT molecular complexity index is 1180. The van der Waals surface area contributed by atoms with Crippen molar-refractivity contribution in [2.45, 2.75) is 51.8 Å². The number of amides is 1. The van der Waals surface area contributed by atoms with Crippen molar-refractivity contribution < 1.29 is 18.7 Å². The normalized spacial score (nSPS) is 20.6. The number of halogens is 2. The third-order valence-electron chi connectivity index (χ3n) is 6.78. The van der Waals surface area contributed by atoms with E-state index in [1.54, 1.807) is 6.07 Å². The van der Waals surface area contributed by atoms with Crippen LogP contribution in [-0.2, 0) is 22.5 Å². The molecule has 1 amide bonds. The molecule has 1 aromatic heterocycles. The molecule has 1 aromatic carbocycles. The molecular weight excluding hydrogens is 471 g/mol. The number of aromatic nitrogens is 1. The maximum absolute atomic E-state index is 13.9. The van der Waals surface area contributed by atoms with Crippen LogP contribution >= 0.6 is 11.6 Å². The number of hydrogen-bond donors (Lipinski definition) is 0. The zero-order chi connectivity index (χ0) is 25.1. The standard InChI is InChI=1S/C26H28ClFN4O3/c1-16-14-31(6-7-32(16)26(34)24-5-4-8-35-24)15-20-10-21(27)9-18(17(20)2)12-23(33)19-11-22(28)25(29-3)30-13-19/h9-11,13,16,24H,4-8,12,14-15H2,1-2H3/t16-,24+/m0/s1. The first-order valence-corrected chi connectivity index (χ1v) is 12.1. The van der Waals surface area contributed by atoms with Gasteiger partial charge in [0.1, 0.15) is 12.3 Å². The van der Waals surface area contributed by atoms with Crippen molar-refractivity contribution in [3.05, 3.63) is 68.9 Å². The SMILES string of the molecule is [C-]#[N+]c1ncc(C(=O)Cc2cc(Cl)cc(CN3CCN(C(=O)[C@H]4CCCO4)[C@@H](C)C3)c2C)cc1F. The van der Waals surface area contributed by atoms with E-state index >= 15 is 0 Å². The van der Waals surface area contributed by atoms with E-state index in [1.807, 2.05) is 17.9 Å². The highest BCUT2D eigenvalue weighted by molar-refractivity contribution is 6.30. The molecular formula is C26H28ClFN4O3. The molecule has 2 atom stereocenters. The van der Waals surface area contributed by atoms with Crippen LogP contribution in [0, 0.1) is 19.3 Å². The van der Waals surface area contributed by atoms with Gasteiger partial charge in [-0.3, -0.25) is 14.5 Å². The third-order valence-corrected chi connectivity index (χ3v) is 7.00. The zero-order valence-corrected chi connectivity index (χ0v) is 20.6. The first kappa shape index (κ1) is 25.2. The molecule has 2 fully saturated rings. The lowest BCUT2D eigenvalue weighted by Gasteiger charge is -2.41. The molecule has 0 N–H and O–H groups in total. The smallest absolute Gasteiger partial charge is 0.305 e. The van der Waals surface area contributed by atoms with Crippen LogP contribution in [0.25, 0.3) is 4.85 Å². The van der Waals surface area contributed by atoms with Gasteiger partial charge in [-0.1, -0.05) is 18.2 Å². The monoisotopic (exact) mass is 498 g/mol. The fourth-order valence-electron chi connectivity index (χ4n) is 4.79. The van der Waals surface area contributed by atoms with Gasteiger partial charge in [0.05, 0.1) is 5.56 Å². The Morgan fingerprint density at radius 1 is 1.29 bits per heavy atom. The van der Waals surface area contributed by atoms with Crippen molar-refractivity contribution in [2.75, 3.05) is 26.2 Å². The minimum Gasteiger partial charge on any atom is -0.368 e. The second-order valence-electron chi connectivity index (χ2n) is 9.21. The molecule has 0 unspecified atom stereocenters. The molecule has 2 saturated heterocycles. The molecule has 0 spiro atoms. The highest BCUT2D eigenvalue weighted by atomic mass is 35.5. The summed E-state index contributed by atoms with van der Waals surface area (Å²) in [5.74, 6) is -1.36. The van der Waals surface area contributed by atoms with Gasteiger partial charge in [-0.05, 0) is 61.6 Å². The van der Waals surface area contributed by atoms with Crippen molar-refractivity contribution in [1.82, 2.24) is 14.8 Å². The number of benzene rings is 1. The molecule has 2 aromatic rings. The fraction of sp³-hybridized carbons (Fsp3) is 0.462. The van der Waals surface area contributed by atoms with Gasteiger partial charge in [0, 0.05) is 50.3 Å². The fourth-order valence-corrected chi connectivity index (χ4v) is 5.05. The van der Waals surface area contributed by atoms with E-state index in [2.05, 4.69) is 21.7 Å². The Morgan fingerprint density at radius 2 is 2.06 bits per heavy atom. The van der Waals surface area contributed by atoms with Crippen LogP contribution in [0.5, 0.6) is 0 Å². The summed E-state index contributed by atoms with van der Waals surface area (Å²) in [5.41, 5.74) is 2.86. The number of carbonyl (C=O) groups excluding carboxylic acids is 2. The van der Waals surface area contributed by atoms with Crippen molar-refractivity contribution in [2.24, 2.45) is 0 Å². The molecule has 2 aliphatic rings. The van der Waals surface area contributed by atoms with Gasteiger partial charge < -0.3 is 14.5 Å². The number of rotatable bonds is 6. The Morgan fingerprint density at radius 3 is 2.71 bits per heavy atom. The quantitative estimate of drug-likeness (QED) is 0.437.